The van der Waals surface area contributed by atoms with Crippen LogP contribution in [0.25, 0.3) is 0 Å². The van der Waals surface area contributed by atoms with Crippen LogP contribution in [0.5, 0.6) is 0 Å². The fraction of sp³-hybridized carbons (Fsp3) is 0.667. The molecule has 0 saturated carbocycles. The number of aromatic nitrogens is 3. The van der Waals surface area contributed by atoms with Gasteiger partial charge in [0.15, 0.2) is 5.69 Å². The fourth-order valence-corrected chi connectivity index (χ4v) is 3.52. The van der Waals surface area contributed by atoms with E-state index in [4.69, 9.17) is 5.11 Å². The number of nitrogens with zero attached hydrogens (tertiary/aromatic N) is 4. The number of hydrogen-bond donors (Lipinski definition) is 2. The van der Waals surface area contributed by atoms with E-state index in [-0.39, 0.29) is 24.4 Å². The number of amides is 1. The van der Waals surface area contributed by atoms with Crippen molar-refractivity contribution >= 4 is 23.6 Å². The molecule has 1 amide bonds. The molecule has 21 heavy (non-hydrogen) atoms. The average molecular weight is 311 g/mol. The van der Waals surface area contributed by atoms with Crippen LogP contribution >= 0.6 is 11.8 Å². The lowest BCUT2D eigenvalue weighted by atomic mass is 10.1. The third kappa shape index (κ3) is 3.03. The van der Waals surface area contributed by atoms with Crippen molar-refractivity contribution in [3.8, 4) is 0 Å². The summed E-state index contributed by atoms with van der Waals surface area (Å²) < 4.78 is 1.70. The molecular weight excluding hydrogens is 294 g/mol. The van der Waals surface area contributed by atoms with E-state index in [1.807, 2.05) is 0 Å². The summed E-state index contributed by atoms with van der Waals surface area (Å²) in [5.74, 6) is 0.367. The lowest BCUT2D eigenvalue weighted by Gasteiger charge is -2.34. The maximum absolute atomic E-state index is 12.5. The smallest absolute Gasteiger partial charge is 0.305 e. The monoisotopic (exact) mass is 311 g/mol. The third-order valence-corrected chi connectivity index (χ3v) is 4.85. The maximum Gasteiger partial charge on any atom is 0.305 e. The minimum atomic E-state index is -0.885. The van der Waals surface area contributed by atoms with Crippen molar-refractivity contribution in [2.45, 2.75) is 18.5 Å². The van der Waals surface area contributed by atoms with Gasteiger partial charge in [-0.25, -0.2) is 4.68 Å². The van der Waals surface area contributed by atoms with E-state index in [9.17, 15) is 9.59 Å². The number of nitrogens with one attached hydrogen (secondary N) is 1. The molecular formula is C12H17N5O3S. The molecule has 0 radical (unpaired) electrons. The molecule has 9 heteroatoms. The quantitative estimate of drug-likeness (QED) is 0.770. The van der Waals surface area contributed by atoms with Gasteiger partial charge in [0.2, 0.25) is 0 Å². The van der Waals surface area contributed by atoms with Crippen molar-refractivity contribution in [2.75, 3.05) is 31.1 Å². The summed E-state index contributed by atoms with van der Waals surface area (Å²) >= 11 is 1.68. The molecule has 1 aromatic rings. The Morgan fingerprint density at radius 3 is 2.95 bits per heavy atom. The van der Waals surface area contributed by atoms with E-state index in [1.54, 1.807) is 27.5 Å². The zero-order valence-electron chi connectivity index (χ0n) is 11.4. The molecule has 2 aliphatic heterocycles. The van der Waals surface area contributed by atoms with Crippen LogP contribution in [-0.4, -0.2) is 74.1 Å². The Kier molecular flexibility index (Phi) is 4.11. The predicted molar refractivity (Wildman–Crippen MR) is 76.3 cm³/mol. The number of aliphatic carboxylic acids is 1. The summed E-state index contributed by atoms with van der Waals surface area (Å²) in [4.78, 5) is 25.1. The second-order valence-corrected chi connectivity index (χ2v) is 6.37. The first kappa shape index (κ1) is 14.3. The van der Waals surface area contributed by atoms with Crippen LogP contribution in [0.4, 0.5) is 0 Å². The summed E-state index contributed by atoms with van der Waals surface area (Å²) in [5.41, 5.74) is 0.296. The molecule has 3 rings (SSSR count). The Hall–Kier alpha value is -1.61. The van der Waals surface area contributed by atoms with Crippen molar-refractivity contribution < 1.29 is 14.7 Å². The van der Waals surface area contributed by atoms with Crippen LogP contribution in [-0.2, 0) is 4.79 Å². The molecule has 2 fully saturated rings. The summed E-state index contributed by atoms with van der Waals surface area (Å²) in [5, 5.41) is 20.0. The van der Waals surface area contributed by atoms with Crippen LogP contribution in [0.1, 0.15) is 23.0 Å². The van der Waals surface area contributed by atoms with Gasteiger partial charge in [0, 0.05) is 31.1 Å². The highest BCUT2D eigenvalue weighted by Gasteiger charge is 2.31. The Morgan fingerprint density at radius 1 is 1.48 bits per heavy atom. The molecule has 0 spiro atoms. The first-order valence-corrected chi connectivity index (χ1v) is 8.03. The highest BCUT2D eigenvalue weighted by molar-refractivity contribution is 7.99. The number of carbonyl (C=O) groups excluding carboxylic acids is 1. The molecule has 0 aliphatic carbocycles. The highest BCUT2D eigenvalue weighted by atomic mass is 32.2. The summed E-state index contributed by atoms with van der Waals surface area (Å²) in [6.07, 6.45) is 1.63. The van der Waals surface area contributed by atoms with E-state index < -0.39 is 5.97 Å². The zero-order chi connectivity index (χ0) is 14.8. The third-order valence-electron chi connectivity index (χ3n) is 3.76. The Morgan fingerprint density at radius 2 is 2.29 bits per heavy atom. The van der Waals surface area contributed by atoms with Gasteiger partial charge in [-0.15, -0.1) is 5.10 Å². The van der Waals surface area contributed by atoms with Crippen LogP contribution in [0.2, 0.25) is 0 Å². The molecule has 8 nitrogen and oxygen atoms in total. The first-order chi connectivity index (χ1) is 10.1. The summed E-state index contributed by atoms with van der Waals surface area (Å²) in [7, 11) is 0. The SMILES string of the molecule is O=C(O)CC1CSCCN1C(=O)c1cn(C2CNC2)nn1. The van der Waals surface area contributed by atoms with Crippen molar-refractivity contribution in [1.29, 1.82) is 0 Å². The summed E-state index contributed by atoms with van der Waals surface area (Å²) in [6, 6.07) is -0.0185. The number of carboxylic acids is 1. The van der Waals surface area contributed by atoms with Gasteiger partial charge in [-0.1, -0.05) is 5.21 Å². The van der Waals surface area contributed by atoms with Gasteiger partial charge in [0.25, 0.3) is 5.91 Å². The van der Waals surface area contributed by atoms with Crippen molar-refractivity contribution in [3.63, 3.8) is 0 Å². The summed E-state index contributed by atoms with van der Waals surface area (Å²) in [6.45, 7) is 2.22. The van der Waals surface area contributed by atoms with E-state index in [0.29, 0.717) is 18.0 Å². The number of carbonyl (C=O) groups is 2. The Labute approximate surface area is 125 Å². The molecule has 1 unspecified atom stereocenters. The topological polar surface area (TPSA) is 100 Å². The minimum absolute atomic E-state index is 0.0284. The molecule has 1 aromatic heterocycles. The fourth-order valence-electron chi connectivity index (χ4n) is 2.45. The number of rotatable bonds is 4. The van der Waals surface area contributed by atoms with Crippen molar-refractivity contribution in [3.05, 3.63) is 11.9 Å². The molecule has 0 aromatic carbocycles. The molecule has 2 N–H and O–H groups in total. The van der Waals surface area contributed by atoms with E-state index in [0.717, 1.165) is 18.8 Å². The second kappa shape index (κ2) is 6.02. The Balaban J connectivity index is 1.72. The number of thioether (sulfide) groups is 1. The molecule has 2 aliphatic rings. The van der Waals surface area contributed by atoms with E-state index >= 15 is 0 Å². The van der Waals surface area contributed by atoms with Gasteiger partial charge in [0.1, 0.15) is 0 Å². The van der Waals surface area contributed by atoms with Crippen LogP contribution in [0, 0.1) is 0 Å². The molecule has 114 valence electrons. The van der Waals surface area contributed by atoms with Gasteiger partial charge in [-0.05, 0) is 0 Å². The molecule has 1 atom stereocenters. The van der Waals surface area contributed by atoms with Crippen LogP contribution in [0.15, 0.2) is 6.20 Å². The zero-order valence-corrected chi connectivity index (χ0v) is 12.3. The van der Waals surface area contributed by atoms with Gasteiger partial charge < -0.3 is 15.3 Å². The van der Waals surface area contributed by atoms with Gasteiger partial charge >= 0.3 is 5.97 Å². The van der Waals surface area contributed by atoms with Crippen LogP contribution in [0.3, 0.4) is 0 Å². The van der Waals surface area contributed by atoms with E-state index in [1.165, 1.54) is 0 Å². The standard InChI is InChI=1S/C12H17N5O3S/c18-11(19)3-8-7-21-2-1-16(8)12(20)10-6-17(15-14-10)9-4-13-5-9/h6,8-9,13H,1-5,7H2,(H,18,19). The maximum atomic E-state index is 12.5. The lowest BCUT2D eigenvalue weighted by molar-refractivity contribution is -0.138. The predicted octanol–water partition coefficient (Wildman–Crippen LogP) is -0.545. The van der Waals surface area contributed by atoms with Gasteiger partial charge in [0.05, 0.1) is 24.7 Å². The second-order valence-electron chi connectivity index (χ2n) is 5.22. The number of hydrogen-bond acceptors (Lipinski definition) is 6. The molecule has 0 bridgehead atoms. The minimum Gasteiger partial charge on any atom is -0.481 e. The molecule has 2 saturated heterocycles. The highest BCUT2D eigenvalue weighted by Crippen LogP contribution is 2.21. The van der Waals surface area contributed by atoms with Crippen molar-refractivity contribution in [1.82, 2.24) is 25.2 Å². The lowest BCUT2D eigenvalue weighted by Crippen LogP contribution is -2.47. The largest absolute Gasteiger partial charge is 0.481 e. The van der Waals surface area contributed by atoms with Crippen molar-refractivity contribution in [2.24, 2.45) is 0 Å². The van der Waals surface area contributed by atoms with Gasteiger partial charge in [-0.3, -0.25) is 9.59 Å². The first-order valence-electron chi connectivity index (χ1n) is 6.88. The van der Waals surface area contributed by atoms with E-state index in [2.05, 4.69) is 15.6 Å². The van der Waals surface area contributed by atoms with Crippen LogP contribution < -0.4 is 5.32 Å². The normalized spacial score (nSPS) is 22.9. The molecule has 3 heterocycles. The number of carboxylic acid groups (broad SMARTS) is 1. The Bertz CT molecular complexity index is 545. The average Bonchev–Trinajstić information content (AvgIpc) is 2.85. The van der Waals surface area contributed by atoms with Gasteiger partial charge in [-0.2, -0.15) is 11.8 Å².